The molecule has 0 spiro atoms. The van der Waals surface area contributed by atoms with E-state index in [0.717, 1.165) is 50.4 Å². The standard InChI is InChI=1S/C18H24N6O/c1-2-17-19-9-15(10-20-17)18(25)23-7-5-13(6-8-23)11-24-12-16(21-22-24)14-3-4-14/h9-10,12-14H,2-8,11H2,1H3. The minimum Gasteiger partial charge on any atom is -0.339 e. The predicted molar refractivity (Wildman–Crippen MR) is 92.0 cm³/mol. The Kier molecular flexibility index (Phi) is 4.46. The molecule has 0 N–H and O–H groups in total. The first-order valence-electron chi connectivity index (χ1n) is 9.23. The van der Waals surface area contributed by atoms with Crippen LogP contribution in [0.1, 0.15) is 60.4 Å². The second kappa shape index (κ2) is 6.90. The SMILES string of the molecule is CCc1ncc(C(=O)N2CCC(Cn3cc(C4CC4)nn3)CC2)cn1. The molecule has 2 aliphatic rings. The molecule has 4 rings (SSSR count). The fraction of sp³-hybridized carbons (Fsp3) is 0.611. The molecular formula is C18H24N6O. The van der Waals surface area contributed by atoms with E-state index in [9.17, 15) is 4.79 Å². The second-order valence-electron chi connectivity index (χ2n) is 7.12. The van der Waals surface area contributed by atoms with Crippen molar-refractivity contribution in [3.63, 3.8) is 0 Å². The number of likely N-dealkylation sites (tertiary alicyclic amines) is 1. The van der Waals surface area contributed by atoms with E-state index in [2.05, 4.69) is 26.5 Å². The van der Waals surface area contributed by atoms with E-state index in [1.165, 1.54) is 12.8 Å². The van der Waals surface area contributed by atoms with Crippen LogP contribution in [0, 0.1) is 5.92 Å². The molecule has 0 unspecified atom stereocenters. The van der Waals surface area contributed by atoms with Gasteiger partial charge in [-0.2, -0.15) is 0 Å². The summed E-state index contributed by atoms with van der Waals surface area (Å²) in [5.41, 5.74) is 1.73. The van der Waals surface area contributed by atoms with Crippen molar-refractivity contribution < 1.29 is 4.79 Å². The van der Waals surface area contributed by atoms with Crippen molar-refractivity contribution in [3.05, 3.63) is 35.7 Å². The van der Waals surface area contributed by atoms with Crippen molar-refractivity contribution in [2.45, 2.75) is 51.5 Å². The Morgan fingerprint density at radius 1 is 1.16 bits per heavy atom. The van der Waals surface area contributed by atoms with Gasteiger partial charge in [0, 0.05) is 50.6 Å². The van der Waals surface area contributed by atoms with Gasteiger partial charge in [0.1, 0.15) is 5.82 Å². The molecule has 1 aliphatic carbocycles. The predicted octanol–water partition coefficient (Wildman–Crippen LogP) is 2.06. The van der Waals surface area contributed by atoms with Gasteiger partial charge in [-0.15, -0.1) is 5.10 Å². The van der Waals surface area contributed by atoms with Crippen LogP contribution in [0.4, 0.5) is 0 Å². The van der Waals surface area contributed by atoms with Crippen LogP contribution in [0.5, 0.6) is 0 Å². The molecule has 0 aromatic carbocycles. The van der Waals surface area contributed by atoms with E-state index in [0.29, 0.717) is 17.4 Å². The Balaban J connectivity index is 1.30. The molecule has 0 radical (unpaired) electrons. The number of carbonyl (C=O) groups is 1. The van der Waals surface area contributed by atoms with Gasteiger partial charge < -0.3 is 4.90 Å². The highest BCUT2D eigenvalue weighted by molar-refractivity contribution is 5.93. The van der Waals surface area contributed by atoms with Crippen molar-refractivity contribution in [3.8, 4) is 0 Å². The smallest absolute Gasteiger partial charge is 0.256 e. The topological polar surface area (TPSA) is 76.8 Å². The first-order chi connectivity index (χ1) is 12.2. The highest BCUT2D eigenvalue weighted by Crippen LogP contribution is 2.38. The lowest BCUT2D eigenvalue weighted by molar-refractivity contribution is 0.0680. The highest BCUT2D eigenvalue weighted by atomic mass is 16.2. The molecule has 1 aliphatic heterocycles. The largest absolute Gasteiger partial charge is 0.339 e. The average Bonchev–Trinajstić information content (AvgIpc) is 3.41. The summed E-state index contributed by atoms with van der Waals surface area (Å²) in [5, 5.41) is 8.53. The second-order valence-corrected chi connectivity index (χ2v) is 7.12. The number of piperidine rings is 1. The molecule has 0 bridgehead atoms. The quantitative estimate of drug-likeness (QED) is 0.833. The van der Waals surface area contributed by atoms with Crippen molar-refractivity contribution in [2.75, 3.05) is 13.1 Å². The fourth-order valence-electron chi connectivity index (χ4n) is 3.38. The van der Waals surface area contributed by atoms with E-state index < -0.39 is 0 Å². The summed E-state index contributed by atoms with van der Waals surface area (Å²) in [5.74, 6) is 2.01. The lowest BCUT2D eigenvalue weighted by atomic mass is 9.96. The molecule has 132 valence electrons. The molecule has 2 aromatic heterocycles. The van der Waals surface area contributed by atoms with Gasteiger partial charge in [-0.1, -0.05) is 12.1 Å². The van der Waals surface area contributed by atoms with Gasteiger partial charge in [-0.05, 0) is 31.6 Å². The highest BCUT2D eigenvalue weighted by Gasteiger charge is 2.28. The number of aromatic nitrogens is 5. The van der Waals surface area contributed by atoms with Gasteiger partial charge in [-0.25, -0.2) is 9.97 Å². The van der Waals surface area contributed by atoms with Gasteiger partial charge in [0.05, 0.1) is 11.3 Å². The van der Waals surface area contributed by atoms with Gasteiger partial charge in [0.25, 0.3) is 5.91 Å². The third-order valence-electron chi connectivity index (χ3n) is 5.17. The lowest BCUT2D eigenvalue weighted by Crippen LogP contribution is -2.39. The molecular weight excluding hydrogens is 316 g/mol. The van der Waals surface area contributed by atoms with E-state index >= 15 is 0 Å². The maximum atomic E-state index is 12.6. The van der Waals surface area contributed by atoms with Crippen LogP contribution in [0.25, 0.3) is 0 Å². The first kappa shape index (κ1) is 16.2. The summed E-state index contributed by atoms with van der Waals surface area (Å²) in [7, 11) is 0. The number of hydrogen-bond donors (Lipinski definition) is 0. The van der Waals surface area contributed by atoms with Crippen LogP contribution in [0.2, 0.25) is 0 Å². The lowest BCUT2D eigenvalue weighted by Gasteiger charge is -2.31. The zero-order valence-electron chi connectivity index (χ0n) is 14.6. The number of rotatable bonds is 5. The maximum Gasteiger partial charge on any atom is 0.256 e. The van der Waals surface area contributed by atoms with E-state index in [1.807, 2.05) is 16.5 Å². The summed E-state index contributed by atoms with van der Waals surface area (Å²) in [6.07, 6.45) is 10.7. The van der Waals surface area contributed by atoms with Gasteiger partial charge in [-0.3, -0.25) is 9.48 Å². The summed E-state index contributed by atoms with van der Waals surface area (Å²) < 4.78 is 1.98. The molecule has 0 atom stereocenters. The minimum atomic E-state index is 0.0397. The third kappa shape index (κ3) is 3.70. The molecule has 2 aromatic rings. The minimum absolute atomic E-state index is 0.0397. The molecule has 25 heavy (non-hydrogen) atoms. The first-order valence-corrected chi connectivity index (χ1v) is 9.23. The number of hydrogen-bond acceptors (Lipinski definition) is 5. The molecule has 3 heterocycles. The van der Waals surface area contributed by atoms with E-state index in [4.69, 9.17) is 0 Å². The van der Waals surface area contributed by atoms with Crippen molar-refractivity contribution in [2.24, 2.45) is 5.92 Å². The zero-order chi connectivity index (χ0) is 17.2. The third-order valence-corrected chi connectivity index (χ3v) is 5.17. The number of carbonyl (C=O) groups excluding carboxylic acids is 1. The maximum absolute atomic E-state index is 12.6. The van der Waals surface area contributed by atoms with E-state index in [1.54, 1.807) is 12.4 Å². The van der Waals surface area contributed by atoms with Gasteiger partial charge in [0.2, 0.25) is 0 Å². The van der Waals surface area contributed by atoms with Crippen LogP contribution < -0.4 is 0 Å². The Hall–Kier alpha value is -2.31. The van der Waals surface area contributed by atoms with Crippen LogP contribution in [-0.2, 0) is 13.0 Å². The molecule has 7 heteroatoms. The van der Waals surface area contributed by atoms with Crippen LogP contribution in [0.3, 0.4) is 0 Å². The molecule has 1 saturated carbocycles. The van der Waals surface area contributed by atoms with Gasteiger partial charge in [0.15, 0.2) is 0 Å². The van der Waals surface area contributed by atoms with Crippen LogP contribution in [0.15, 0.2) is 18.6 Å². The Morgan fingerprint density at radius 3 is 2.52 bits per heavy atom. The molecule has 2 fully saturated rings. The van der Waals surface area contributed by atoms with Crippen molar-refractivity contribution >= 4 is 5.91 Å². The number of nitrogens with zero attached hydrogens (tertiary/aromatic N) is 6. The van der Waals surface area contributed by atoms with Crippen molar-refractivity contribution in [1.29, 1.82) is 0 Å². The summed E-state index contributed by atoms with van der Waals surface area (Å²) in [4.78, 5) is 22.9. The Morgan fingerprint density at radius 2 is 1.88 bits per heavy atom. The van der Waals surface area contributed by atoms with Crippen LogP contribution in [-0.4, -0.2) is 48.9 Å². The summed E-state index contributed by atoms with van der Waals surface area (Å²) in [6, 6.07) is 0. The molecule has 1 amide bonds. The number of amides is 1. The summed E-state index contributed by atoms with van der Waals surface area (Å²) >= 11 is 0. The van der Waals surface area contributed by atoms with E-state index in [-0.39, 0.29) is 5.91 Å². The number of aryl methyl sites for hydroxylation is 1. The average molecular weight is 340 g/mol. The fourth-order valence-corrected chi connectivity index (χ4v) is 3.38. The van der Waals surface area contributed by atoms with Crippen LogP contribution >= 0.6 is 0 Å². The molecule has 7 nitrogen and oxygen atoms in total. The molecule has 1 saturated heterocycles. The Labute approximate surface area is 147 Å². The monoisotopic (exact) mass is 340 g/mol. The summed E-state index contributed by atoms with van der Waals surface area (Å²) in [6.45, 7) is 4.47. The van der Waals surface area contributed by atoms with Crippen molar-refractivity contribution in [1.82, 2.24) is 29.9 Å². The Bertz CT molecular complexity index is 728. The van der Waals surface area contributed by atoms with Gasteiger partial charge >= 0.3 is 0 Å². The normalized spacial score (nSPS) is 18.5. The zero-order valence-corrected chi connectivity index (χ0v) is 14.6.